The lowest BCUT2D eigenvalue weighted by molar-refractivity contribution is -0.141. The first-order valence-corrected chi connectivity index (χ1v) is 6.09. The van der Waals surface area contributed by atoms with Gasteiger partial charge in [0, 0.05) is 0 Å². The Morgan fingerprint density at radius 2 is 1.75 bits per heavy atom. The lowest BCUT2D eigenvalue weighted by atomic mass is 9.87. The second kappa shape index (κ2) is 5.81. The van der Waals surface area contributed by atoms with Crippen LogP contribution in [0.15, 0.2) is 0 Å². The maximum atomic E-state index is 11.8. The van der Waals surface area contributed by atoms with Crippen molar-refractivity contribution in [3.8, 4) is 0 Å². The number of nitrogens with zero attached hydrogens (tertiary/aromatic N) is 3. The summed E-state index contributed by atoms with van der Waals surface area (Å²) in [6, 6.07) is -1.71. The van der Waals surface area contributed by atoms with Crippen molar-refractivity contribution in [1.29, 1.82) is 0 Å². The van der Waals surface area contributed by atoms with E-state index >= 15 is 0 Å². The third-order valence-corrected chi connectivity index (χ3v) is 2.71. The molecule has 0 aliphatic rings. The maximum Gasteiger partial charge on any atom is 0.326 e. The van der Waals surface area contributed by atoms with Gasteiger partial charge in [-0.25, -0.2) is 14.6 Å². The monoisotopic (exact) mass is 281 g/mol. The minimum Gasteiger partial charge on any atom is -0.480 e. The zero-order chi connectivity index (χ0) is 15.5. The van der Waals surface area contributed by atoms with E-state index in [1.165, 1.54) is 0 Å². The van der Waals surface area contributed by atoms with Gasteiger partial charge in [0.05, 0.1) is 11.4 Å². The Hall–Kier alpha value is -2.25. The highest BCUT2D eigenvalue weighted by molar-refractivity contribution is 5.91. The molecule has 0 fully saturated rings. The fourth-order valence-electron chi connectivity index (χ4n) is 1.43. The number of aromatic nitrogens is 3. The summed E-state index contributed by atoms with van der Waals surface area (Å²) in [5.74, 6) is -1.07. The van der Waals surface area contributed by atoms with E-state index in [1.807, 2.05) is 0 Å². The molecule has 1 atom stereocenters. The predicted octanol–water partition coefficient (Wildman–Crippen LogP) is 1.11. The number of nitrogens with one attached hydrogen (secondary N) is 2. The quantitative estimate of drug-likeness (QED) is 0.764. The number of hydrogen-bond acceptors (Lipinski definition) is 5. The largest absolute Gasteiger partial charge is 0.480 e. The number of aryl methyl sites for hydroxylation is 2. The highest BCUT2D eigenvalue weighted by Crippen LogP contribution is 2.19. The summed E-state index contributed by atoms with van der Waals surface area (Å²) in [6.07, 6.45) is 0. The van der Waals surface area contributed by atoms with Crippen molar-refractivity contribution in [1.82, 2.24) is 20.5 Å². The first-order chi connectivity index (χ1) is 9.11. The van der Waals surface area contributed by atoms with Crippen LogP contribution in [-0.4, -0.2) is 38.3 Å². The van der Waals surface area contributed by atoms with Gasteiger partial charge in [-0.3, -0.25) is 5.32 Å². The summed E-state index contributed by atoms with van der Waals surface area (Å²) in [4.78, 5) is 27.0. The van der Waals surface area contributed by atoms with Crippen molar-refractivity contribution >= 4 is 17.9 Å². The van der Waals surface area contributed by atoms with Crippen molar-refractivity contribution < 1.29 is 14.7 Å². The molecule has 1 heterocycles. The van der Waals surface area contributed by atoms with Gasteiger partial charge >= 0.3 is 12.0 Å². The smallest absolute Gasteiger partial charge is 0.326 e. The molecular weight excluding hydrogens is 262 g/mol. The molecule has 0 aromatic carbocycles. The minimum absolute atomic E-state index is 0.0312. The van der Waals surface area contributed by atoms with Crippen LogP contribution in [-0.2, 0) is 4.79 Å². The molecule has 0 saturated carbocycles. The summed E-state index contributed by atoms with van der Waals surface area (Å²) in [5.41, 5.74) is 0.681. The minimum atomic E-state index is -1.10. The number of hydrogen-bond donors (Lipinski definition) is 3. The molecular formula is C12H19N5O3. The van der Waals surface area contributed by atoms with Crippen LogP contribution in [0.4, 0.5) is 10.7 Å². The van der Waals surface area contributed by atoms with Gasteiger partial charge in [-0.15, -0.1) is 5.10 Å². The Labute approximate surface area is 117 Å². The van der Waals surface area contributed by atoms with Crippen molar-refractivity contribution in [2.75, 3.05) is 5.32 Å². The van der Waals surface area contributed by atoms with Crippen LogP contribution in [0.2, 0.25) is 0 Å². The predicted molar refractivity (Wildman–Crippen MR) is 72.3 cm³/mol. The number of rotatable bonds is 3. The Bertz CT molecular complexity index is 524. The second-order valence-electron chi connectivity index (χ2n) is 5.54. The molecule has 0 bridgehead atoms. The molecule has 0 radical (unpaired) electrons. The fraction of sp³-hybridized carbons (Fsp3) is 0.583. The summed E-state index contributed by atoms with van der Waals surface area (Å²) < 4.78 is 0. The molecule has 0 aliphatic heterocycles. The topological polar surface area (TPSA) is 117 Å². The lowest BCUT2D eigenvalue weighted by Gasteiger charge is -2.27. The first-order valence-electron chi connectivity index (χ1n) is 6.09. The molecule has 110 valence electrons. The summed E-state index contributed by atoms with van der Waals surface area (Å²) in [5, 5.41) is 21.4. The molecule has 0 aliphatic carbocycles. The third-order valence-electron chi connectivity index (χ3n) is 2.71. The van der Waals surface area contributed by atoms with Gasteiger partial charge in [0.25, 0.3) is 5.95 Å². The highest BCUT2D eigenvalue weighted by Gasteiger charge is 2.32. The van der Waals surface area contributed by atoms with E-state index in [2.05, 4.69) is 25.8 Å². The van der Waals surface area contributed by atoms with E-state index in [0.717, 1.165) is 0 Å². The molecule has 1 aromatic heterocycles. The highest BCUT2D eigenvalue weighted by atomic mass is 16.4. The second-order valence-corrected chi connectivity index (χ2v) is 5.54. The van der Waals surface area contributed by atoms with Gasteiger partial charge in [0.1, 0.15) is 6.04 Å². The average Bonchev–Trinajstić information content (AvgIpc) is 2.29. The van der Waals surface area contributed by atoms with Crippen LogP contribution in [0, 0.1) is 19.3 Å². The van der Waals surface area contributed by atoms with Gasteiger partial charge in [-0.05, 0) is 19.3 Å². The van der Waals surface area contributed by atoms with E-state index in [4.69, 9.17) is 5.11 Å². The van der Waals surface area contributed by atoms with Crippen LogP contribution in [0.1, 0.15) is 32.2 Å². The number of aliphatic carboxylic acids is 1. The van der Waals surface area contributed by atoms with E-state index in [9.17, 15) is 9.59 Å². The van der Waals surface area contributed by atoms with Crippen molar-refractivity contribution in [3.05, 3.63) is 11.4 Å². The standard InChI is InChI=1S/C12H19N5O3/c1-6-7(2)16-17-10(13-6)15-11(20)14-8(9(18)19)12(3,4)5/h8H,1-5H3,(H,18,19)(H2,13,14,15,17,20)/t8-/m1/s1. The van der Waals surface area contributed by atoms with Gasteiger partial charge < -0.3 is 10.4 Å². The molecule has 2 amide bonds. The van der Waals surface area contributed by atoms with Crippen molar-refractivity contribution in [3.63, 3.8) is 0 Å². The van der Waals surface area contributed by atoms with Crippen LogP contribution in [0.25, 0.3) is 0 Å². The first kappa shape index (κ1) is 15.8. The number of carbonyl (C=O) groups excluding carboxylic acids is 1. The Balaban J connectivity index is 2.76. The molecule has 20 heavy (non-hydrogen) atoms. The van der Waals surface area contributed by atoms with Gasteiger partial charge in [-0.1, -0.05) is 20.8 Å². The molecule has 3 N–H and O–H groups in total. The summed E-state index contributed by atoms with van der Waals surface area (Å²) >= 11 is 0. The Morgan fingerprint density at radius 1 is 1.15 bits per heavy atom. The van der Waals surface area contributed by atoms with Gasteiger partial charge in [0.2, 0.25) is 0 Å². The third kappa shape index (κ3) is 4.15. The number of anilines is 1. The number of amides is 2. The molecule has 0 unspecified atom stereocenters. The van der Waals surface area contributed by atoms with E-state index in [1.54, 1.807) is 34.6 Å². The van der Waals surface area contributed by atoms with E-state index < -0.39 is 23.5 Å². The average molecular weight is 281 g/mol. The zero-order valence-electron chi connectivity index (χ0n) is 12.2. The number of carboxylic acid groups (broad SMARTS) is 1. The maximum absolute atomic E-state index is 11.8. The SMILES string of the molecule is Cc1nnc(NC(=O)N[C@H](C(=O)O)C(C)(C)C)nc1C. The van der Waals surface area contributed by atoms with Crippen LogP contribution in [0.3, 0.4) is 0 Å². The van der Waals surface area contributed by atoms with Crippen LogP contribution >= 0.6 is 0 Å². The Kier molecular flexibility index (Phi) is 4.59. The number of carbonyl (C=O) groups is 2. The zero-order valence-corrected chi connectivity index (χ0v) is 12.2. The van der Waals surface area contributed by atoms with Crippen molar-refractivity contribution in [2.24, 2.45) is 5.41 Å². The molecule has 1 rings (SSSR count). The summed E-state index contributed by atoms with van der Waals surface area (Å²) in [6.45, 7) is 8.65. The van der Waals surface area contributed by atoms with Crippen LogP contribution in [0.5, 0.6) is 0 Å². The van der Waals surface area contributed by atoms with Crippen LogP contribution < -0.4 is 10.6 Å². The van der Waals surface area contributed by atoms with E-state index in [0.29, 0.717) is 11.4 Å². The molecule has 8 nitrogen and oxygen atoms in total. The molecule has 0 saturated heterocycles. The molecule has 1 aromatic rings. The van der Waals surface area contributed by atoms with Crippen molar-refractivity contribution in [2.45, 2.75) is 40.7 Å². The van der Waals surface area contributed by atoms with Gasteiger partial charge in [-0.2, -0.15) is 5.10 Å². The number of urea groups is 1. The molecule has 8 heteroatoms. The van der Waals surface area contributed by atoms with Gasteiger partial charge in [0.15, 0.2) is 0 Å². The molecule has 0 spiro atoms. The lowest BCUT2D eigenvalue weighted by Crippen LogP contribution is -2.50. The normalized spacial score (nSPS) is 12.7. The Morgan fingerprint density at radius 3 is 2.20 bits per heavy atom. The number of carboxylic acids is 1. The summed E-state index contributed by atoms with van der Waals surface area (Å²) in [7, 11) is 0. The fourth-order valence-corrected chi connectivity index (χ4v) is 1.43. The van der Waals surface area contributed by atoms with E-state index in [-0.39, 0.29) is 5.95 Å².